The number of carbonyl (C=O) groups is 1. The number of carbonyl (C=O) groups excluding carboxylic acids is 1. The number of amides is 1. The van der Waals surface area contributed by atoms with Crippen LogP contribution >= 0.6 is 0 Å². The number of alkyl halides is 2. The summed E-state index contributed by atoms with van der Waals surface area (Å²) in [4.78, 5) is 20.5. The summed E-state index contributed by atoms with van der Waals surface area (Å²) < 4.78 is 33.8. The number of anilines is 1. The normalized spacial score (nSPS) is 11.4. The molecule has 3 N–H and O–H groups in total. The lowest BCUT2D eigenvalue weighted by Gasteiger charge is -2.16. The lowest BCUT2D eigenvalue weighted by Crippen LogP contribution is -2.15. The van der Waals surface area contributed by atoms with Gasteiger partial charge in [0.1, 0.15) is 23.0 Å². The Hall–Kier alpha value is -4.20. The number of hydrogen-bond donors (Lipinski definition) is 3. The zero-order valence-electron chi connectivity index (χ0n) is 21.4. The second-order valence-corrected chi connectivity index (χ2v) is 8.99. The molecule has 0 saturated carbocycles. The molecular formula is C29H29F2N3O3. The first-order chi connectivity index (χ1) is 17.6. The summed E-state index contributed by atoms with van der Waals surface area (Å²) in [6.45, 7) is 7.08. The molecule has 4 rings (SSSR count). The van der Waals surface area contributed by atoms with Crippen LogP contribution in [0.25, 0.3) is 22.5 Å². The summed E-state index contributed by atoms with van der Waals surface area (Å²) in [6, 6.07) is 14.9. The molecule has 0 unspecified atom stereocenters. The number of aromatic hydroxyl groups is 1. The molecule has 1 heterocycles. The van der Waals surface area contributed by atoms with Gasteiger partial charge in [0.25, 0.3) is 11.8 Å². The van der Waals surface area contributed by atoms with Crippen molar-refractivity contribution in [1.29, 1.82) is 0 Å². The molecule has 0 fully saturated rings. The topological polar surface area (TPSA) is 87.2 Å². The Morgan fingerprint density at radius 3 is 2.38 bits per heavy atom. The van der Waals surface area contributed by atoms with Crippen LogP contribution in [0.5, 0.6) is 11.5 Å². The van der Waals surface area contributed by atoms with Crippen molar-refractivity contribution in [2.45, 2.75) is 40.0 Å². The van der Waals surface area contributed by atoms with Crippen molar-refractivity contribution in [3.05, 3.63) is 82.7 Å². The predicted octanol–water partition coefficient (Wildman–Crippen LogP) is 7.14. The number of nitrogens with zero attached hydrogens (tertiary/aromatic N) is 1. The molecule has 0 aliphatic heterocycles. The van der Waals surface area contributed by atoms with Crippen LogP contribution in [0.4, 0.5) is 14.5 Å². The van der Waals surface area contributed by atoms with Crippen LogP contribution in [0, 0.1) is 20.8 Å². The minimum Gasteiger partial charge on any atom is -0.507 e. The highest BCUT2D eigenvalue weighted by molar-refractivity contribution is 6.04. The second-order valence-electron chi connectivity index (χ2n) is 8.99. The van der Waals surface area contributed by atoms with Gasteiger partial charge in [0, 0.05) is 35.0 Å². The first-order valence-electron chi connectivity index (χ1n) is 11.9. The number of ether oxygens (including phenoxy) is 1. The standard InChI is InChI=1S/C29H29F2N3O3/c1-6-29(30,31)19-11-8-12-20(13-19)33-28(36)26-18(4)32-27(34-26)21-14-22(24(37-5)15-23(21)35)25-16(2)9-7-10-17(25)3/h7-15,35H,6H2,1-5H3,(H,32,34)(H,33,36). The van der Waals surface area contributed by atoms with E-state index >= 15 is 0 Å². The molecular weight excluding hydrogens is 476 g/mol. The van der Waals surface area contributed by atoms with Gasteiger partial charge >= 0.3 is 0 Å². The maximum atomic E-state index is 14.1. The van der Waals surface area contributed by atoms with Crippen molar-refractivity contribution < 1.29 is 23.4 Å². The van der Waals surface area contributed by atoms with Crippen LogP contribution in [0.2, 0.25) is 0 Å². The second kappa shape index (κ2) is 10.0. The number of imidazole rings is 1. The van der Waals surface area contributed by atoms with E-state index in [1.807, 2.05) is 32.0 Å². The summed E-state index contributed by atoms with van der Waals surface area (Å²) in [5, 5.41) is 13.4. The molecule has 0 atom stereocenters. The van der Waals surface area contributed by atoms with Crippen LogP contribution in [0.3, 0.4) is 0 Å². The number of hydrogen-bond acceptors (Lipinski definition) is 4. The smallest absolute Gasteiger partial charge is 0.276 e. The first-order valence-corrected chi connectivity index (χ1v) is 11.9. The van der Waals surface area contributed by atoms with Gasteiger partial charge in [-0.1, -0.05) is 37.3 Å². The average molecular weight is 506 g/mol. The Morgan fingerprint density at radius 1 is 1.05 bits per heavy atom. The molecule has 8 heteroatoms. The van der Waals surface area contributed by atoms with Crippen LogP contribution in [-0.2, 0) is 5.92 Å². The van der Waals surface area contributed by atoms with E-state index in [0.29, 0.717) is 22.8 Å². The number of methoxy groups -OCH3 is 1. The van der Waals surface area contributed by atoms with E-state index in [-0.39, 0.29) is 29.1 Å². The van der Waals surface area contributed by atoms with Crippen LogP contribution in [0.1, 0.15) is 46.2 Å². The molecule has 1 amide bonds. The first kappa shape index (κ1) is 25.9. The average Bonchev–Trinajstić information content (AvgIpc) is 3.26. The van der Waals surface area contributed by atoms with Gasteiger partial charge in [0.05, 0.1) is 12.7 Å². The molecule has 4 aromatic rings. The molecule has 192 valence electrons. The third-order valence-electron chi connectivity index (χ3n) is 6.41. The Labute approximate surface area is 214 Å². The van der Waals surface area contributed by atoms with Crippen molar-refractivity contribution in [3.8, 4) is 34.0 Å². The SMILES string of the molecule is CCC(F)(F)c1cccc(NC(=O)c2nc(-c3cc(-c4c(C)cccc4C)c(OC)cc3O)[nH]c2C)c1. The van der Waals surface area contributed by atoms with Crippen molar-refractivity contribution in [1.82, 2.24) is 9.97 Å². The third-order valence-corrected chi connectivity index (χ3v) is 6.41. The highest BCUT2D eigenvalue weighted by Crippen LogP contribution is 2.42. The van der Waals surface area contributed by atoms with E-state index < -0.39 is 11.8 Å². The van der Waals surface area contributed by atoms with Crippen LogP contribution in [-0.4, -0.2) is 28.1 Å². The molecule has 6 nitrogen and oxygen atoms in total. The molecule has 37 heavy (non-hydrogen) atoms. The molecule has 1 aromatic heterocycles. The number of rotatable bonds is 7. The van der Waals surface area contributed by atoms with Gasteiger partial charge in [0.15, 0.2) is 0 Å². The Bertz CT molecular complexity index is 1460. The number of phenols is 1. The fourth-order valence-electron chi connectivity index (χ4n) is 4.39. The third kappa shape index (κ3) is 5.05. The summed E-state index contributed by atoms with van der Waals surface area (Å²) in [5.74, 6) is -2.82. The Balaban J connectivity index is 1.71. The number of nitrogens with one attached hydrogen (secondary N) is 2. The minimum absolute atomic E-state index is 0.0676. The highest BCUT2D eigenvalue weighted by Gasteiger charge is 2.29. The van der Waals surface area contributed by atoms with Gasteiger partial charge in [-0.3, -0.25) is 4.79 Å². The fraction of sp³-hybridized carbons (Fsp3) is 0.241. The Morgan fingerprint density at radius 2 is 1.73 bits per heavy atom. The largest absolute Gasteiger partial charge is 0.507 e. The van der Waals surface area contributed by atoms with Crippen molar-refractivity contribution in [2.24, 2.45) is 0 Å². The quantitative estimate of drug-likeness (QED) is 0.249. The zero-order valence-corrected chi connectivity index (χ0v) is 21.4. The number of phenolic OH excluding ortho intramolecular Hbond substituents is 1. The summed E-state index contributed by atoms with van der Waals surface area (Å²) in [6.07, 6.45) is -0.346. The van der Waals surface area contributed by atoms with Gasteiger partial charge < -0.3 is 20.1 Å². The number of H-pyrrole nitrogens is 1. The van der Waals surface area contributed by atoms with E-state index in [2.05, 4.69) is 15.3 Å². The van der Waals surface area contributed by atoms with Gasteiger partial charge in [-0.05, 0) is 55.7 Å². The van der Waals surface area contributed by atoms with Crippen LogP contribution < -0.4 is 10.1 Å². The van der Waals surface area contributed by atoms with Gasteiger partial charge in [-0.25, -0.2) is 13.8 Å². The predicted molar refractivity (Wildman–Crippen MR) is 140 cm³/mol. The number of aryl methyl sites for hydroxylation is 3. The van der Waals surface area contributed by atoms with Gasteiger partial charge in [-0.15, -0.1) is 0 Å². The highest BCUT2D eigenvalue weighted by atomic mass is 19.3. The number of benzene rings is 3. The molecule has 0 bridgehead atoms. The zero-order chi connectivity index (χ0) is 26.9. The van der Waals surface area contributed by atoms with E-state index in [1.165, 1.54) is 38.3 Å². The van der Waals surface area contributed by atoms with Gasteiger partial charge in [-0.2, -0.15) is 0 Å². The molecule has 0 aliphatic rings. The number of aromatic nitrogens is 2. The maximum absolute atomic E-state index is 14.1. The monoisotopic (exact) mass is 505 g/mol. The van der Waals surface area contributed by atoms with Crippen molar-refractivity contribution in [2.75, 3.05) is 12.4 Å². The maximum Gasteiger partial charge on any atom is 0.276 e. The number of aromatic amines is 1. The van der Waals surface area contributed by atoms with E-state index in [9.17, 15) is 18.7 Å². The molecule has 0 saturated heterocycles. The van der Waals surface area contributed by atoms with Crippen molar-refractivity contribution in [3.63, 3.8) is 0 Å². The minimum atomic E-state index is -2.99. The molecule has 0 radical (unpaired) electrons. The number of halogens is 2. The lowest BCUT2D eigenvalue weighted by atomic mass is 9.93. The molecule has 0 spiro atoms. The summed E-state index contributed by atoms with van der Waals surface area (Å²) in [5.41, 5.74) is 4.86. The van der Waals surface area contributed by atoms with E-state index in [0.717, 1.165) is 22.3 Å². The molecule has 3 aromatic carbocycles. The van der Waals surface area contributed by atoms with E-state index in [4.69, 9.17) is 4.74 Å². The van der Waals surface area contributed by atoms with Crippen LogP contribution in [0.15, 0.2) is 54.6 Å². The molecule has 0 aliphatic carbocycles. The Kier molecular flexibility index (Phi) is 7.03. The fourth-order valence-corrected chi connectivity index (χ4v) is 4.39. The van der Waals surface area contributed by atoms with Crippen molar-refractivity contribution >= 4 is 11.6 Å². The lowest BCUT2D eigenvalue weighted by molar-refractivity contribution is -0.00824. The van der Waals surface area contributed by atoms with Gasteiger partial charge in [0.2, 0.25) is 0 Å². The summed E-state index contributed by atoms with van der Waals surface area (Å²) in [7, 11) is 1.54. The summed E-state index contributed by atoms with van der Waals surface area (Å²) >= 11 is 0. The van der Waals surface area contributed by atoms with E-state index in [1.54, 1.807) is 19.1 Å².